The maximum absolute atomic E-state index is 13.4. The Morgan fingerprint density at radius 3 is 2.33 bits per heavy atom. The van der Waals surface area contributed by atoms with Crippen LogP contribution in [-0.2, 0) is 47.6 Å². The number of carbonyl (C=O) groups is 4. The third kappa shape index (κ3) is 12.7. The zero-order valence-corrected chi connectivity index (χ0v) is 37.5. The summed E-state index contributed by atoms with van der Waals surface area (Å²) in [5.74, 6) is -5.23. The third-order valence-electron chi connectivity index (χ3n) is 12.9. The lowest BCUT2D eigenvalue weighted by atomic mass is 9.60. The summed E-state index contributed by atoms with van der Waals surface area (Å²) in [4.78, 5) is 52.1. The topological polar surface area (TPSA) is 205 Å². The first-order valence-corrected chi connectivity index (χ1v) is 21.7. The van der Waals surface area contributed by atoms with E-state index in [1.165, 1.54) is 33.1 Å². The molecule has 342 valence electrons. The van der Waals surface area contributed by atoms with Crippen LogP contribution >= 0.6 is 0 Å². The van der Waals surface area contributed by atoms with Crippen molar-refractivity contribution in [3.63, 3.8) is 0 Å². The highest BCUT2D eigenvalue weighted by molar-refractivity contribution is 5.84. The van der Waals surface area contributed by atoms with E-state index in [2.05, 4.69) is 0 Å². The van der Waals surface area contributed by atoms with Gasteiger partial charge in [-0.25, -0.2) is 9.59 Å². The van der Waals surface area contributed by atoms with Crippen molar-refractivity contribution in [1.82, 2.24) is 0 Å². The lowest BCUT2D eigenvalue weighted by molar-refractivity contribution is -0.348. The molecule has 4 N–H and O–H groups in total. The van der Waals surface area contributed by atoms with Crippen LogP contribution in [-0.4, -0.2) is 112 Å². The number of esters is 4. The Morgan fingerprint density at radius 2 is 1.69 bits per heavy atom. The van der Waals surface area contributed by atoms with Crippen LogP contribution in [0.5, 0.6) is 0 Å². The first kappa shape index (κ1) is 50.0. The normalized spacial score (nSPS) is 37.1. The van der Waals surface area contributed by atoms with Crippen molar-refractivity contribution in [1.29, 1.82) is 0 Å². The zero-order valence-electron chi connectivity index (χ0n) is 37.5. The molecular weight excluding hydrogens is 789 g/mol. The number of hydrogen-bond donors (Lipinski definition) is 4. The van der Waals surface area contributed by atoms with Crippen molar-refractivity contribution >= 4 is 23.9 Å². The molecular formula is C47H70O14. The minimum absolute atomic E-state index is 0.00318. The lowest BCUT2D eigenvalue weighted by Crippen LogP contribution is -2.62. The summed E-state index contributed by atoms with van der Waals surface area (Å²) in [5, 5.41) is 47.7. The molecule has 3 fully saturated rings. The van der Waals surface area contributed by atoms with Gasteiger partial charge in [0.25, 0.3) is 0 Å². The van der Waals surface area contributed by atoms with Gasteiger partial charge in [-0.1, -0.05) is 83.1 Å². The van der Waals surface area contributed by atoms with E-state index in [-0.39, 0.29) is 44.1 Å². The summed E-state index contributed by atoms with van der Waals surface area (Å²) in [6.45, 7) is 13.8. The lowest BCUT2D eigenvalue weighted by Gasteiger charge is -2.53. The molecule has 14 heteroatoms. The van der Waals surface area contributed by atoms with E-state index in [0.717, 1.165) is 18.4 Å². The van der Waals surface area contributed by atoms with E-state index in [4.69, 9.17) is 28.4 Å². The molecule has 1 aliphatic carbocycles. The second kappa shape index (κ2) is 21.1. The second-order valence-corrected chi connectivity index (χ2v) is 18.4. The molecule has 1 saturated carbocycles. The monoisotopic (exact) mass is 858 g/mol. The number of unbranched alkanes of at least 4 members (excludes halogenated alkanes) is 1. The highest BCUT2D eigenvalue weighted by Gasteiger charge is 2.59. The van der Waals surface area contributed by atoms with Crippen LogP contribution in [0.1, 0.15) is 126 Å². The average Bonchev–Trinajstić information content (AvgIpc) is 3.16. The number of ether oxygens (including phenoxy) is 6. The van der Waals surface area contributed by atoms with Crippen LogP contribution in [0.4, 0.5) is 0 Å². The molecule has 0 spiro atoms. The standard InChI is InChI=1S/C47H70O14/c1-10-12-13-14-15-16-40(51)60-43-33(23-41(52)56-9)19-32-22-38(29(3)48)59-42(53)25-34(50)24-36-26-39(57-30(4)49)45(7,8)47(55,61-36)28-37-21-31(11-2)20-35(58-37)17-18-44(5,6)46(43,54)27-32/h11,13-18,23,29,32,34-39,43,48,50,54-55H,10,12,19-22,24-28H2,1-9H3/b14-13+,16-15+,18-17+,31-11+,33-23+/t29-,32?,34-,35+,36-,37?,38-,39+,43+,46+,47+/m1/s1. The first-order chi connectivity index (χ1) is 28.6. The number of fused-ring (bicyclic) bond motifs is 6. The van der Waals surface area contributed by atoms with Crippen LogP contribution in [0.25, 0.3) is 0 Å². The van der Waals surface area contributed by atoms with E-state index in [9.17, 15) is 39.6 Å². The van der Waals surface area contributed by atoms with Crippen molar-refractivity contribution in [2.24, 2.45) is 16.7 Å². The van der Waals surface area contributed by atoms with Gasteiger partial charge in [-0.2, -0.15) is 0 Å². The summed E-state index contributed by atoms with van der Waals surface area (Å²) in [7, 11) is 1.22. The molecule has 6 bridgehead atoms. The van der Waals surface area contributed by atoms with Gasteiger partial charge in [0.05, 0.1) is 49.5 Å². The first-order valence-electron chi connectivity index (χ1n) is 21.7. The number of hydrogen-bond acceptors (Lipinski definition) is 14. The molecule has 61 heavy (non-hydrogen) atoms. The van der Waals surface area contributed by atoms with Crippen LogP contribution in [0.15, 0.2) is 59.8 Å². The van der Waals surface area contributed by atoms with Gasteiger partial charge in [0.1, 0.15) is 17.8 Å². The number of carbonyl (C=O) groups excluding carboxylic acids is 4. The summed E-state index contributed by atoms with van der Waals surface area (Å²) < 4.78 is 35.7. The van der Waals surface area contributed by atoms with E-state index < -0.39 is 107 Å². The molecule has 0 aromatic heterocycles. The Labute approximate surface area is 361 Å². The molecule has 11 atom stereocenters. The van der Waals surface area contributed by atoms with Crippen molar-refractivity contribution in [3.8, 4) is 0 Å². The van der Waals surface area contributed by atoms with Crippen LogP contribution in [0.2, 0.25) is 0 Å². The van der Waals surface area contributed by atoms with Gasteiger partial charge in [0.2, 0.25) is 0 Å². The number of cyclic esters (lactones) is 1. The third-order valence-corrected chi connectivity index (χ3v) is 12.9. The molecule has 4 rings (SSSR count). The fourth-order valence-electron chi connectivity index (χ4n) is 9.11. The molecule has 3 heterocycles. The Balaban J connectivity index is 1.84. The van der Waals surface area contributed by atoms with Gasteiger partial charge in [0, 0.05) is 43.8 Å². The SMILES string of the molecule is C/C=C1/CC2C[C@]3(O)O[C@H](C[C@@H](O)CC(=O)O[C@@H]([C@@H](C)O)CC4C/C(=C\C(=O)OC)[C@H](OC(=O)/C=C/C=C/CCC)[C@@](O)(C4)C(C)(C)/C=C/[C@@H](C1)O2)C[C@H](OC(C)=O)C3(C)C. The fourth-order valence-corrected chi connectivity index (χ4v) is 9.11. The van der Waals surface area contributed by atoms with Gasteiger partial charge < -0.3 is 48.8 Å². The second-order valence-electron chi connectivity index (χ2n) is 18.4. The van der Waals surface area contributed by atoms with Gasteiger partial charge in [0.15, 0.2) is 11.9 Å². The number of aliphatic hydroxyl groups excluding tert-OH is 2. The molecule has 0 radical (unpaired) electrons. The smallest absolute Gasteiger partial charge is 0.331 e. The summed E-state index contributed by atoms with van der Waals surface area (Å²) in [5.41, 5.74) is -2.87. The van der Waals surface area contributed by atoms with Crippen molar-refractivity contribution in [2.45, 2.75) is 186 Å². The average molecular weight is 859 g/mol. The summed E-state index contributed by atoms with van der Waals surface area (Å²) >= 11 is 0. The van der Waals surface area contributed by atoms with E-state index in [1.54, 1.807) is 39.8 Å². The molecule has 0 aromatic carbocycles. The van der Waals surface area contributed by atoms with Crippen LogP contribution in [0.3, 0.4) is 0 Å². The van der Waals surface area contributed by atoms with Gasteiger partial charge in [-0.05, 0) is 63.9 Å². The largest absolute Gasteiger partial charge is 0.466 e. The van der Waals surface area contributed by atoms with Gasteiger partial charge in [-0.3, -0.25) is 9.59 Å². The highest BCUT2D eigenvalue weighted by Crippen LogP contribution is 2.51. The van der Waals surface area contributed by atoms with Gasteiger partial charge in [-0.15, -0.1) is 0 Å². The van der Waals surface area contributed by atoms with Crippen molar-refractivity contribution < 1.29 is 68.0 Å². The molecule has 0 amide bonds. The van der Waals surface area contributed by atoms with Crippen molar-refractivity contribution in [3.05, 3.63) is 59.8 Å². The van der Waals surface area contributed by atoms with Gasteiger partial charge >= 0.3 is 23.9 Å². The predicted octanol–water partition coefficient (Wildman–Crippen LogP) is 5.79. The minimum atomic E-state index is -1.91. The molecule has 2 unspecified atom stereocenters. The summed E-state index contributed by atoms with van der Waals surface area (Å²) in [6.07, 6.45) is 8.15. The maximum Gasteiger partial charge on any atom is 0.331 e. The summed E-state index contributed by atoms with van der Waals surface area (Å²) in [6, 6.07) is 0. The Morgan fingerprint density at radius 1 is 0.967 bits per heavy atom. The van der Waals surface area contributed by atoms with Crippen LogP contribution < -0.4 is 0 Å². The van der Waals surface area contributed by atoms with E-state index in [0.29, 0.717) is 12.8 Å². The fraction of sp³-hybridized carbons (Fsp3) is 0.702. The van der Waals surface area contributed by atoms with E-state index >= 15 is 0 Å². The molecule has 0 aromatic rings. The zero-order chi connectivity index (χ0) is 45.3. The number of allylic oxidation sites excluding steroid dienone is 4. The maximum atomic E-state index is 13.4. The molecule has 3 aliphatic heterocycles. The molecule has 2 saturated heterocycles. The Kier molecular flexibility index (Phi) is 17.3. The van der Waals surface area contributed by atoms with Crippen LogP contribution in [0, 0.1) is 16.7 Å². The highest BCUT2D eigenvalue weighted by atomic mass is 16.6. The minimum Gasteiger partial charge on any atom is -0.466 e. The van der Waals surface area contributed by atoms with E-state index in [1.807, 2.05) is 38.2 Å². The van der Waals surface area contributed by atoms with Crippen molar-refractivity contribution in [2.75, 3.05) is 7.11 Å². The molecule has 14 nitrogen and oxygen atoms in total. The predicted molar refractivity (Wildman–Crippen MR) is 225 cm³/mol. The number of methoxy groups -OCH3 is 1. The quantitative estimate of drug-likeness (QED) is 0.0751. The number of rotatable bonds is 8. The molecule has 4 aliphatic rings. The number of aliphatic hydroxyl groups is 4. The Bertz CT molecular complexity index is 1710. The Hall–Kier alpha value is -3.66.